The van der Waals surface area contributed by atoms with Crippen LogP contribution in [0.2, 0.25) is 0 Å². The summed E-state index contributed by atoms with van der Waals surface area (Å²) in [6.07, 6.45) is 7.73. The molecule has 2 saturated carbocycles. The topological polar surface area (TPSA) is 234 Å². The van der Waals surface area contributed by atoms with Crippen LogP contribution in [0.4, 0.5) is 15.3 Å². The average Bonchev–Trinajstić information content (AvgIpc) is 3.63. The minimum Gasteiger partial charge on any atom is -0.445 e. The first kappa shape index (κ1) is 44.5. The van der Waals surface area contributed by atoms with E-state index >= 15 is 0 Å². The van der Waals surface area contributed by atoms with E-state index in [0.717, 1.165) is 24.8 Å². The summed E-state index contributed by atoms with van der Waals surface area (Å²) >= 11 is 0. The van der Waals surface area contributed by atoms with Gasteiger partial charge in [-0.1, -0.05) is 57.9 Å². The van der Waals surface area contributed by atoms with Gasteiger partial charge in [0.2, 0.25) is 11.8 Å². The number of carbonyl (C=O) groups excluding carboxylic acids is 6. The van der Waals surface area contributed by atoms with Crippen LogP contribution < -0.4 is 27.0 Å². The van der Waals surface area contributed by atoms with Gasteiger partial charge in [0.05, 0.1) is 12.7 Å². The number of Topliss-reactive ketones (excluding diaryl/α,β-unsaturated/α-hetero) is 1. The van der Waals surface area contributed by atoms with Crippen LogP contribution in [0.25, 0.3) is 0 Å². The Bertz CT molecular complexity index is 1750. The number of allylic oxidation sites excluding steroid dienone is 4. The van der Waals surface area contributed by atoms with Crippen molar-refractivity contribution in [1.82, 2.24) is 16.0 Å². The van der Waals surface area contributed by atoms with Crippen molar-refractivity contribution >= 4 is 41.2 Å². The van der Waals surface area contributed by atoms with Crippen LogP contribution in [0.15, 0.2) is 48.1 Å². The van der Waals surface area contributed by atoms with Gasteiger partial charge >= 0.3 is 12.1 Å². The standard InChI is InChI=1S/C42H59N5O11/c1-5-8-36-57-24-42(58-36,41(4)20-32(49)37-31(26(41)2)15-12-28-19-30(48)16-17-40(28,37)3)33(50)23-55-25-46-35(52)21-45-39(54)56-22-27-10-13-29(14-11-27)47-34(51)9-6-7-18-44-38(43)53/h10-11,13-14,16-17,19,26,31-32,36-37,49H,5-9,12,15,18,20-25H2,1-4H3,(H,45,54)(H,46,52)(H,47,51)(H3,43,44,53)/t26?,31?,32-,36?,37?,40-,41?,42?/m0/s1. The fourth-order valence-corrected chi connectivity index (χ4v) is 9.33. The average molecular weight is 810 g/mol. The minimum atomic E-state index is -1.40. The highest BCUT2D eigenvalue weighted by Gasteiger charge is 2.67. The molecule has 3 fully saturated rings. The third-order valence-corrected chi connectivity index (χ3v) is 12.6. The summed E-state index contributed by atoms with van der Waals surface area (Å²) in [7, 11) is 0. The maximum Gasteiger partial charge on any atom is 0.407 e. The van der Waals surface area contributed by atoms with Crippen LogP contribution in [0.3, 0.4) is 0 Å². The summed E-state index contributed by atoms with van der Waals surface area (Å²) in [6.45, 7) is 7.50. The normalized spacial score (nSPS) is 30.0. The monoisotopic (exact) mass is 809 g/mol. The Labute approximate surface area is 339 Å². The summed E-state index contributed by atoms with van der Waals surface area (Å²) in [6, 6.07) is 6.14. The number of primary amides is 1. The molecule has 6 unspecified atom stereocenters. The second-order valence-electron chi connectivity index (χ2n) is 16.3. The number of benzene rings is 1. The minimum absolute atomic E-state index is 0.0147. The summed E-state index contributed by atoms with van der Waals surface area (Å²) in [4.78, 5) is 74.1. The van der Waals surface area contributed by atoms with E-state index in [1.807, 2.05) is 19.9 Å². The van der Waals surface area contributed by atoms with Gasteiger partial charge in [-0.05, 0) is 80.2 Å². The van der Waals surface area contributed by atoms with E-state index in [9.17, 15) is 33.9 Å². The number of aliphatic hydroxyl groups excluding tert-OH is 1. The molecule has 1 heterocycles. The highest BCUT2D eigenvalue weighted by Crippen LogP contribution is 2.64. The highest BCUT2D eigenvalue weighted by molar-refractivity contribution is 6.01. The van der Waals surface area contributed by atoms with Crippen molar-refractivity contribution in [2.75, 3.05) is 38.4 Å². The second kappa shape index (κ2) is 19.4. The molecule has 1 aliphatic heterocycles. The molecule has 0 aromatic heterocycles. The van der Waals surface area contributed by atoms with Crippen molar-refractivity contribution < 1.29 is 52.8 Å². The largest absolute Gasteiger partial charge is 0.445 e. The first-order valence-corrected chi connectivity index (χ1v) is 20.2. The number of carbonyl (C=O) groups is 6. The molecule has 0 bridgehead atoms. The number of fused-ring (bicyclic) bond motifs is 3. The highest BCUT2D eigenvalue weighted by atomic mass is 16.7. The molecule has 58 heavy (non-hydrogen) atoms. The SMILES string of the molecule is CCCC1OCC(C(=O)COCNC(=O)CNC(=O)OCc2ccc(NC(=O)CCCCNC(N)=O)cc2)(C2(C)C[C@H](O)C3C(CCC4=CC(=O)C=C[C@@]43C)C2C)O1. The van der Waals surface area contributed by atoms with Crippen LogP contribution >= 0.6 is 0 Å². The van der Waals surface area contributed by atoms with Crippen molar-refractivity contribution in [2.24, 2.45) is 34.3 Å². The Morgan fingerprint density at radius 1 is 1.03 bits per heavy atom. The molecule has 1 aromatic carbocycles. The van der Waals surface area contributed by atoms with Crippen LogP contribution in [-0.4, -0.2) is 91.6 Å². The number of hydrogen-bond donors (Lipinski definition) is 6. The van der Waals surface area contributed by atoms with Crippen molar-refractivity contribution in [2.45, 2.75) is 104 Å². The number of urea groups is 1. The molecule has 1 aromatic rings. The van der Waals surface area contributed by atoms with E-state index in [1.54, 1.807) is 36.4 Å². The van der Waals surface area contributed by atoms with Gasteiger partial charge in [-0.2, -0.15) is 0 Å². The summed E-state index contributed by atoms with van der Waals surface area (Å²) in [5.41, 5.74) is 4.61. The molecule has 16 nitrogen and oxygen atoms in total. The third kappa shape index (κ3) is 10.1. The second-order valence-corrected chi connectivity index (χ2v) is 16.3. The lowest BCUT2D eigenvalue weighted by molar-refractivity contribution is -0.208. The first-order valence-electron chi connectivity index (χ1n) is 20.2. The predicted octanol–water partition coefficient (Wildman–Crippen LogP) is 3.77. The molecule has 0 radical (unpaired) electrons. The zero-order valence-electron chi connectivity index (χ0n) is 33.9. The number of unbranched alkanes of at least 4 members (excludes halogenated alkanes) is 1. The Morgan fingerprint density at radius 2 is 1.79 bits per heavy atom. The lowest BCUT2D eigenvalue weighted by Gasteiger charge is -2.61. The molecule has 8 atom stereocenters. The molecule has 4 aliphatic rings. The maximum absolute atomic E-state index is 14.3. The van der Waals surface area contributed by atoms with E-state index in [0.29, 0.717) is 37.1 Å². The van der Waals surface area contributed by atoms with E-state index in [1.165, 1.54) is 0 Å². The van der Waals surface area contributed by atoms with Gasteiger partial charge in [0.25, 0.3) is 0 Å². The lowest BCUT2D eigenvalue weighted by atomic mass is 9.44. The Morgan fingerprint density at radius 3 is 2.52 bits per heavy atom. The van der Waals surface area contributed by atoms with E-state index in [-0.39, 0.29) is 74.6 Å². The van der Waals surface area contributed by atoms with Gasteiger partial charge in [0.15, 0.2) is 23.5 Å². The third-order valence-electron chi connectivity index (χ3n) is 12.6. The fourth-order valence-electron chi connectivity index (χ4n) is 9.33. The molecule has 5 amide bonds. The molecule has 16 heteroatoms. The number of anilines is 1. The van der Waals surface area contributed by atoms with Crippen LogP contribution in [0.5, 0.6) is 0 Å². The van der Waals surface area contributed by atoms with Gasteiger partial charge < -0.3 is 51.1 Å². The van der Waals surface area contributed by atoms with Gasteiger partial charge in [-0.3, -0.25) is 19.2 Å². The first-order chi connectivity index (χ1) is 27.6. The molecular weight excluding hydrogens is 750 g/mol. The quantitative estimate of drug-likeness (QED) is 0.0923. The van der Waals surface area contributed by atoms with E-state index in [2.05, 4.69) is 35.1 Å². The van der Waals surface area contributed by atoms with Crippen LogP contribution in [-0.2, 0) is 44.7 Å². The molecule has 7 N–H and O–H groups in total. The van der Waals surface area contributed by atoms with E-state index in [4.69, 9.17) is 24.7 Å². The number of aliphatic hydroxyl groups is 1. The van der Waals surface area contributed by atoms with Gasteiger partial charge in [0.1, 0.15) is 26.5 Å². The van der Waals surface area contributed by atoms with Crippen LogP contribution in [0.1, 0.15) is 84.6 Å². The number of rotatable bonds is 18. The number of ketones is 2. The Balaban J connectivity index is 1.07. The molecular formula is C42H59N5O11. The van der Waals surface area contributed by atoms with Crippen LogP contribution in [0, 0.1) is 28.6 Å². The molecule has 318 valence electrons. The summed E-state index contributed by atoms with van der Waals surface area (Å²) in [5, 5.41) is 22.1. The summed E-state index contributed by atoms with van der Waals surface area (Å²) in [5.74, 6) is -1.25. The molecule has 5 rings (SSSR count). The van der Waals surface area contributed by atoms with E-state index < -0.39 is 53.4 Å². The molecule has 1 saturated heterocycles. The van der Waals surface area contributed by atoms with Gasteiger partial charge in [-0.15, -0.1) is 0 Å². The van der Waals surface area contributed by atoms with Gasteiger partial charge in [-0.25, -0.2) is 9.59 Å². The smallest absolute Gasteiger partial charge is 0.407 e. The Kier molecular flexibility index (Phi) is 14.9. The molecule has 0 spiro atoms. The van der Waals surface area contributed by atoms with Crippen molar-refractivity contribution in [3.63, 3.8) is 0 Å². The van der Waals surface area contributed by atoms with Crippen molar-refractivity contribution in [1.29, 1.82) is 0 Å². The Hall–Kier alpha value is -4.64. The number of alkyl carbamates (subject to hydrolysis) is 1. The van der Waals surface area contributed by atoms with Crippen molar-refractivity contribution in [3.8, 4) is 0 Å². The fraction of sp³-hybridized carbons (Fsp3) is 0.619. The zero-order chi connectivity index (χ0) is 42.1. The zero-order valence-corrected chi connectivity index (χ0v) is 33.9. The van der Waals surface area contributed by atoms with Crippen molar-refractivity contribution in [3.05, 3.63) is 53.6 Å². The number of nitrogens with two attached hydrogens (primary N) is 1. The predicted molar refractivity (Wildman–Crippen MR) is 212 cm³/mol. The number of nitrogens with one attached hydrogen (secondary N) is 4. The van der Waals surface area contributed by atoms with Gasteiger partial charge in [0, 0.05) is 35.4 Å². The molecule has 3 aliphatic carbocycles. The number of amides is 5. The number of hydrogen-bond acceptors (Lipinski definition) is 11. The number of ether oxygens (including phenoxy) is 4. The lowest BCUT2D eigenvalue weighted by Crippen LogP contribution is -2.66. The maximum atomic E-state index is 14.3. The summed E-state index contributed by atoms with van der Waals surface area (Å²) < 4.78 is 23.5.